The van der Waals surface area contributed by atoms with E-state index < -0.39 is 5.66 Å². The molecule has 3 fully saturated rings. The highest BCUT2D eigenvalue weighted by atomic mass is 16.1. The molecular formula is C18H32N2O. The van der Waals surface area contributed by atoms with Crippen LogP contribution in [0.25, 0.3) is 0 Å². The van der Waals surface area contributed by atoms with Crippen LogP contribution in [-0.4, -0.2) is 24.5 Å². The molecule has 120 valence electrons. The quantitative estimate of drug-likeness (QED) is 0.720. The number of Topliss-reactive ketones (excluding diaryl/α,β-unsaturated/α-hetero) is 1. The predicted octanol–water partition coefficient (Wildman–Crippen LogP) is 3.24. The molecule has 2 unspecified atom stereocenters. The molecule has 1 aliphatic heterocycles. The van der Waals surface area contributed by atoms with Crippen molar-refractivity contribution in [2.45, 2.75) is 77.8 Å². The molecule has 1 spiro atoms. The number of ketones is 1. The number of fused-ring (bicyclic) bond motifs is 3. The summed E-state index contributed by atoms with van der Waals surface area (Å²) in [5, 5.41) is 7.39. The summed E-state index contributed by atoms with van der Waals surface area (Å²) in [4.78, 5) is 13.3. The van der Waals surface area contributed by atoms with Gasteiger partial charge in [-0.25, -0.2) is 0 Å². The van der Waals surface area contributed by atoms with E-state index in [4.69, 9.17) is 0 Å². The lowest BCUT2D eigenvalue weighted by molar-refractivity contribution is -0.135. The van der Waals surface area contributed by atoms with Gasteiger partial charge in [-0.2, -0.15) is 0 Å². The Hall–Kier alpha value is -0.410. The summed E-state index contributed by atoms with van der Waals surface area (Å²) in [5.74, 6) is 0.874. The fourth-order valence-corrected chi connectivity index (χ4v) is 5.26. The van der Waals surface area contributed by atoms with E-state index in [1.165, 1.54) is 44.9 Å². The first-order chi connectivity index (χ1) is 9.95. The van der Waals surface area contributed by atoms with Crippen LogP contribution in [0.5, 0.6) is 0 Å². The van der Waals surface area contributed by atoms with Crippen molar-refractivity contribution in [1.82, 2.24) is 10.6 Å². The van der Waals surface area contributed by atoms with E-state index in [9.17, 15) is 4.79 Å². The summed E-state index contributed by atoms with van der Waals surface area (Å²) >= 11 is 0. The van der Waals surface area contributed by atoms with Gasteiger partial charge >= 0.3 is 0 Å². The normalized spacial score (nSPS) is 39.4. The second-order valence-corrected chi connectivity index (χ2v) is 8.26. The monoisotopic (exact) mass is 292 g/mol. The molecule has 0 radical (unpaired) electrons. The maximum atomic E-state index is 13.3. The zero-order chi connectivity index (χ0) is 15.1. The van der Waals surface area contributed by atoms with Gasteiger partial charge in [0.15, 0.2) is 5.78 Å². The van der Waals surface area contributed by atoms with Crippen molar-refractivity contribution in [2.24, 2.45) is 16.7 Å². The van der Waals surface area contributed by atoms with Crippen LogP contribution in [0.15, 0.2) is 0 Å². The standard InChI is InChI=1S/C18H32N2O/c1-16(2)14-10-11-17(16,3)15(21)18(14)19-12-8-6-4-5-7-9-13-20-18/h14,19-20H,4-13H2,1-3H3. The minimum Gasteiger partial charge on any atom is -0.295 e. The Kier molecular flexibility index (Phi) is 3.94. The summed E-state index contributed by atoms with van der Waals surface area (Å²) < 4.78 is 0. The van der Waals surface area contributed by atoms with E-state index in [-0.39, 0.29) is 10.8 Å². The van der Waals surface area contributed by atoms with Gasteiger partial charge in [-0.3, -0.25) is 15.4 Å². The minimum atomic E-state index is -0.444. The first kappa shape index (κ1) is 15.5. The Bertz CT molecular complexity index is 405. The van der Waals surface area contributed by atoms with Gasteiger partial charge in [-0.05, 0) is 44.2 Å². The SMILES string of the molecule is CC12CCC(C3(NCCCCCCCCN3)C1=O)C2(C)C. The largest absolute Gasteiger partial charge is 0.295 e. The molecular weight excluding hydrogens is 260 g/mol. The summed E-state index contributed by atoms with van der Waals surface area (Å²) in [6.45, 7) is 8.78. The topological polar surface area (TPSA) is 41.1 Å². The Morgan fingerprint density at radius 3 is 1.90 bits per heavy atom. The first-order valence-corrected chi connectivity index (χ1v) is 9.00. The second-order valence-electron chi connectivity index (χ2n) is 8.26. The first-order valence-electron chi connectivity index (χ1n) is 9.00. The highest BCUT2D eigenvalue weighted by molar-refractivity contribution is 5.98. The van der Waals surface area contributed by atoms with Gasteiger partial charge in [0, 0.05) is 11.3 Å². The molecule has 3 aliphatic rings. The zero-order valence-corrected chi connectivity index (χ0v) is 14.1. The second kappa shape index (κ2) is 5.34. The van der Waals surface area contributed by atoms with E-state index in [1.54, 1.807) is 0 Å². The van der Waals surface area contributed by atoms with Crippen molar-refractivity contribution in [1.29, 1.82) is 0 Å². The molecule has 2 N–H and O–H groups in total. The van der Waals surface area contributed by atoms with Crippen molar-refractivity contribution < 1.29 is 4.79 Å². The number of hydrogen-bond donors (Lipinski definition) is 2. The maximum absolute atomic E-state index is 13.3. The number of nitrogens with one attached hydrogen (secondary N) is 2. The van der Waals surface area contributed by atoms with Gasteiger partial charge in [0.25, 0.3) is 0 Å². The van der Waals surface area contributed by atoms with Crippen LogP contribution in [0.2, 0.25) is 0 Å². The highest BCUT2D eigenvalue weighted by Crippen LogP contribution is 2.66. The van der Waals surface area contributed by atoms with Crippen LogP contribution < -0.4 is 10.6 Å². The predicted molar refractivity (Wildman–Crippen MR) is 86.1 cm³/mol. The molecule has 1 saturated heterocycles. The van der Waals surface area contributed by atoms with Crippen molar-refractivity contribution >= 4 is 5.78 Å². The van der Waals surface area contributed by atoms with Crippen LogP contribution in [0.1, 0.15) is 72.1 Å². The third kappa shape index (κ3) is 2.11. The van der Waals surface area contributed by atoms with Crippen LogP contribution in [-0.2, 0) is 4.79 Å². The number of rotatable bonds is 0. The third-order valence-electron chi connectivity index (χ3n) is 7.02. The average Bonchev–Trinajstić information content (AvgIpc) is 2.73. The number of carbonyl (C=O) groups excluding carboxylic acids is 1. The summed E-state index contributed by atoms with van der Waals surface area (Å²) in [5.41, 5.74) is -0.497. The molecule has 0 aromatic heterocycles. The van der Waals surface area contributed by atoms with Crippen molar-refractivity contribution in [3.8, 4) is 0 Å². The molecule has 3 heteroatoms. The Morgan fingerprint density at radius 1 is 0.905 bits per heavy atom. The van der Waals surface area contributed by atoms with Gasteiger partial charge in [0.05, 0.1) is 0 Å². The molecule has 3 nitrogen and oxygen atoms in total. The van der Waals surface area contributed by atoms with Crippen molar-refractivity contribution in [3.05, 3.63) is 0 Å². The summed E-state index contributed by atoms with van der Waals surface area (Å²) in [6, 6.07) is 0. The third-order valence-corrected chi connectivity index (χ3v) is 7.02. The molecule has 0 aromatic carbocycles. The van der Waals surface area contributed by atoms with Crippen molar-refractivity contribution in [2.75, 3.05) is 13.1 Å². The number of carbonyl (C=O) groups is 1. The fourth-order valence-electron chi connectivity index (χ4n) is 5.26. The molecule has 2 saturated carbocycles. The Morgan fingerprint density at radius 2 is 1.43 bits per heavy atom. The van der Waals surface area contributed by atoms with Crippen molar-refractivity contribution in [3.63, 3.8) is 0 Å². The molecule has 2 aliphatic carbocycles. The molecule has 21 heavy (non-hydrogen) atoms. The Labute approximate surface area is 129 Å². The molecule has 0 aromatic rings. The lowest BCUT2D eigenvalue weighted by Gasteiger charge is -2.40. The van der Waals surface area contributed by atoms with Crippen LogP contribution >= 0.6 is 0 Å². The lowest BCUT2D eigenvalue weighted by atomic mass is 9.70. The average molecular weight is 292 g/mol. The molecule has 0 amide bonds. The van der Waals surface area contributed by atoms with Gasteiger partial charge in [-0.1, -0.05) is 46.5 Å². The van der Waals surface area contributed by atoms with Crippen LogP contribution in [0.3, 0.4) is 0 Å². The van der Waals surface area contributed by atoms with Gasteiger partial charge < -0.3 is 0 Å². The lowest BCUT2D eigenvalue weighted by Crippen LogP contribution is -2.67. The summed E-state index contributed by atoms with van der Waals surface area (Å²) in [6.07, 6.45) is 9.90. The van der Waals surface area contributed by atoms with E-state index in [0.717, 1.165) is 19.5 Å². The molecule has 1 heterocycles. The van der Waals surface area contributed by atoms with E-state index in [1.807, 2.05) is 0 Å². The van der Waals surface area contributed by atoms with Gasteiger partial charge in [0.2, 0.25) is 0 Å². The smallest absolute Gasteiger partial charge is 0.174 e. The molecule has 2 atom stereocenters. The Balaban J connectivity index is 1.88. The highest BCUT2D eigenvalue weighted by Gasteiger charge is 2.72. The minimum absolute atomic E-state index is 0.101. The summed E-state index contributed by atoms with van der Waals surface area (Å²) in [7, 11) is 0. The van der Waals surface area contributed by atoms with Gasteiger partial charge in [-0.15, -0.1) is 0 Å². The molecule has 3 rings (SSSR count). The van der Waals surface area contributed by atoms with Crippen LogP contribution in [0, 0.1) is 16.7 Å². The van der Waals surface area contributed by atoms with Gasteiger partial charge in [0.1, 0.15) is 5.66 Å². The fraction of sp³-hybridized carbons (Fsp3) is 0.944. The maximum Gasteiger partial charge on any atom is 0.174 e. The number of hydrogen-bond acceptors (Lipinski definition) is 3. The van der Waals surface area contributed by atoms with E-state index >= 15 is 0 Å². The van der Waals surface area contributed by atoms with E-state index in [0.29, 0.717) is 11.7 Å². The van der Waals surface area contributed by atoms with E-state index in [2.05, 4.69) is 31.4 Å². The van der Waals surface area contributed by atoms with Crippen LogP contribution in [0.4, 0.5) is 0 Å². The zero-order valence-electron chi connectivity index (χ0n) is 14.1. The molecule has 2 bridgehead atoms.